The van der Waals surface area contributed by atoms with Gasteiger partial charge >= 0.3 is 29.9 Å². The Hall–Kier alpha value is -9.31. The van der Waals surface area contributed by atoms with Crippen LogP contribution in [0.2, 0.25) is 0 Å². The highest BCUT2D eigenvalue weighted by atomic mass is 19.1. The van der Waals surface area contributed by atoms with E-state index in [9.17, 15) is 37.5 Å². The van der Waals surface area contributed by atoms with Crippen molar-refractivity contribution < 1.29 is 75.4 Å². The highest BCUT2D eigenvalue weighted by Crippen LogP contribution is 2.47. The Morgan fingerprint density at radius 3 is 1.46 bits per heavy atom. The van der Waals surface area contributed by atoms with Gasteiger partial charge in [-0.15, -0.1) is 0 Å². The molecule has 0 radical (unpaired) electrons. The quantitative estimate of drug-likeness (QED) is 0.0224. The minimum absolute atomic E-state index is 0.0635. The summed E-state index contributed by atoms with van der Waals surface area (Å²) in [5, 5.41) is 5.37. The van der Waals surface area contributed by atoms with Crippen molar-refractivity contribution in [3.8, 4) is 44.5 Å². The molecule has 4 heterocycles. The molecular formula is C84H104F2N6O14. The van der Waals surface area contributed by atoms with Gasteiger partial charge in [-0.1, -0.05) is 88.4 Å². The van der Waals surface area contributed by atoms with Crippen LogP contribution in [-0.4, -0.2) is 119 Å². The Balaban J connectivity index is 0.000000243. The van der Waals surface area contributed by atoms with Crippen LogP contribution in [0, 0.1) is 11.6 Å². The van der Waals surface area contributed by atoms with Crippen LogP contribution >= 0.6 is 0 Å². The number of halogens is 2. The van der Waals surface area contributed by atoms with Crippen LogP contribution in [-0.2, 0) is 87.6 Å². The van der Waals surface area contributed by atoms with E-state index in [1.165, 1.54) is 35.9 Å². The van der Waals surface area contributed by atoms with Gasteiger partial charge in [-0.25, -0.2) is 18.4 Å². The number of anilines is 2. The Morgan fingerprint density at radius 2 is 1.04 bits per heavy atom. The number of aliphatic imine (C=N–C) groups is 1. The van der Waals surface area contributed by atoms with Gasteiger partial charge in [0.2, 0.25) is 6.08 Å². The second kappa shape index (κ2) is 36.3. The largest absolute Gasteiger partial charge is 0.465 e. The monoisotopic (exact) mass is 1460 g/mol. The Morgan fingerprint density at radius 1 is 0.604 bits per heavy atom. The van der Waals surface area contributed by atoms with Gasteiger partial charge < -0.3 is 54.3 Å². The first kappa shape index (κ1) is 82.3. The lowest BCUT2D eigenvalue weighted by molar-refractivity contribution is -0.291. The number of aromatic nitrogens is 2. The molecule has 2 aliphatic heterocycles. The van der Waals surface area contributed by atoms with Crippen molar-refractivity contribution in [2.45, 2.75) is 234 Å². The fraction of sp³-hybridized carbons (Fsp3) is 0.476. The van der Waals surface area contributed by atoms with Crippen LogP contribution < -0.4 is 16.4 Å². The normalized spacial score (nSPS) is 18.0. The zero-order valence-electron chi connectivity index (χ0n) is 64.1. The van der Waals surface area contributed by atoms with Crippen LogP contribution in [0.4, 0.5) is 25.0 Å². The summed E-state index contributed by atoms with van der Waals surface area (Å²) in [6.07, 6.45) is 14.2. The lowest BCUT2D eigenvalue weighted by atomic mass is 9.85. The van der Waals surface area contributed by atoms with Gasteiger partial charge in [0, 0.05) is 69.0 Å². The highest BCUT2D eigenvalue weighted by Gasteiger charge is 2.39. The number of carbonyl (C=O) groups is 5. The molecule has 2 aromatic heterocycles. The Kier molecular flexibility index (Phi) is 28.2. The van der Waals surface area contributed by atoms with Crippen molar-refractivity contribution in [1.82, 2.24) is 15.3 Å². The van der Waals surface area contributed by atoms with Gasteiger partial charge in [0.05, 0.1) is 61.9 Å². The van der Waals surface area contributed by atoms with E-state index in [-0.39, 0.29) is 86.3 Å². The number of ether oxygens (including phenoxy) is 8. The molecular weight excluding hydrogens is 1350 g/mol. The summed E-state index contributed by atoms with van der Waals surface area (Å²) in [5.41, 5.74) is 22.2. The molecule has 4 N–H and O–H groups in total. The summed E-state index contributed by atoms with van der Waals surface area (Å²) in [5.74, 6) is -3.86. The first-order chi connectivity index (χ1) is 50.0. The molecule has 568 valence electrons. The van der Waals surface area contributed by atoms with E-state index in [0.29, 0.717) is 25.1 Å². The van der Waals surface area contributed by atoms with E-state index in [4.69, 9.17) is 48.9 Å². The minimum Gasteiger partial charge on any atom is -0.465 e. The molecule has 0 saturated carbocycles. The van der Waals surface area contributed by atoms with Gasteiger partial charge in [0.15, 0.2) is 11.6 Å². The molecule has 0 spiro atoms. The molecule has 22 heteroatoms. The summed E-state index contributed by atoms with van der Waals surface area (Å²) >= 11 is 0. The highest BCUT2D eigenvalue weighted by molar-refractivity contribution is 5.96. The number of hydrogen-bond acceptors (Lipinski definition) is 18. The van der Waals surface area contributed by atoms with Gasteiger partial charge in [0.1, 0.15) is 35.9 Å². The fourth-order valence-electron chi connectivity index (χ4n) is 13.6. The van der Waals surface area contributed by atoms with Crippen molar-refractivity contribution in [3.05, 3.63) is 154 Å². The molecule has 2 fully saturated rings. The summed E-state index contributed by atoms with van der Waals surface area (Å²) in [7, 11) is 0. The maximum absolute atomic E-state index is 14.4. The zero-order chi connectivity index (χ0) is 77.4. The second-order valence-corrected chi connectivity index (χ2v) is 30.2. The summed E-state index contributed by atoms with van der Waals surface area (Å²) < 4.78 is 74.0. The molecule has 4 atom stereocenters. The van der Waals surface area contributed by atoms with Crippen molar-refractivity contribution in [1.29, 1.82) is 0 Å². The SMILES string of the molecule is CC(C)c1nc2c(c(-c3ccc(F)cc3)c1/C=C/[C@@H]1C[C@H](CC(=O)OC(C)(C)C)OC(C)(C)O1)-c1ccc(N)cc1CCC2.CCOC(=O)CN=C=O.CCOC(=O)CNC(=O)Nc1ccc2c(c1)CCCc1nc(C(C)C)c(/C=C/[C@@H]3C[C@H](CC(=O)OC(C)(C)C)OC(C)(C)O3)c(-c3ccc(F)cc3)c1-2. The van der Waals surface area contributed by atoms with Crippen LogP contribution in [0.1, 0.15) is 206 Å². The lowest BCUT2D eigenvalue weighted by Gasteiger charge is -2.40. The summed E-state index contributed by atoms with van der Waals surface area (Å²) in [4.78, 5) is 83.1. The number of carbonyl (C=O) groups excluding carboxylic acids is 6. The lowest BCUT2D eigenvalue weighted by Crippen LogP contribution is -2.45. The molecule has 4 aliphatic rings. The number of hydrogen-bond donors (Lipinski definition) is 3. The molecule has 106 heavy (non-hydrogen) atoms. The predicted molar refractivity (Wildman–Crippen MR) is 406 cm³/mol. The number of nitrogens with one attached hydrogen (secondary N) is 2. The first-order valence-corrected chi connectivity index (χ1v) is 36.6. The van der Waals surface area contributed by atoms with Gasteiger partial charge in [-0.2, -0.15) is 4.99 Å². The topological polar surface area (TPSA) is 264 Å². The summed E-state index contributed by atoms with van der Waals surface area (Å²) in [6.45, 7) is 30.5. The van der Waals surface area contributed by atoms with E-state index >= 15 is 0 Å². The van der Waals surface area contributed by atoms with Crippen LogP contribution in [0.15, 0.2) is 102 Å². The maximum Gasteiger partial charge on any atom is 0.328 e. The number of nitrogens with two attached hydrogens (primary N) is 1. The first-order valence-electron chi connectivity index (χ1n) is 36.6. The number of isocyanates is 1. The van der Waals surface area contributed by atoms with Crippen molar-refractivity contribution >= 4 is 59.5 Å². The maximum atomic E-state index is 14.4. The van der Waals surface area contributed by atoms with Crippen molar-refractivity contribution in [2.75, 3.05) is 37.4 Å². The third-order valence-electron chi connectivity index (χ3n) is 17.4. The molecule has 2 aliphatic carbocycles. The summed E-state index contributed by atoms with van der Waals surface area (Å²) in [6, 6.07) is 24.6. The van der Waals surface area contributed by atoms with E-state index in [1.807, 2.05) is 118 Å². The predicted octanol–water partition coefficient (Wildman–Crippen LogP) is 16.8. The number of pyridine rings is 2. The number of nitrogens with zero attached hydrogens (tertiary/aromatic N) is 3. The third kappa shape index (κ3) is 23.6. The molecule has 10 rings (SSSR count). The molecule has 0 bridgehead atoms. The third-order valence-corrected chi connectivity index (χ3v) is 17.4. The molecule has 20 nitrogen and oxygen atoms in total. The fourth-order valence-corrected chi connectivity index (χ4v) is 13.6. The van der Waals surface area contributed by atoms with Crippen LogP contribution in [0.3, 0.4) is 0 Å². The standard InChI is InChI=1S/C42H52FN3O7.C37H45FN2O4.C5H7NO3/c1-9-50-36(48)24-44-40(49)45-29-17-19-32-27(21-29)11-10-12-34-38(32)37(26-13-15-28(43)16-14-26)33(39(46-34)25(2)3)20-18-30-22-31(52-42(7,8)51-30)23-35(47)53-41(4,5)6;1-22(2)35-30(18-16-27-20-28(43-37(6,7)42-27)21-32(41)44-36(3,4)5)33(23-11-13-25(38)14-12-23)34-29-17-15-26(39)19-24(29)9-8-10-31(34)40-35;1-2-9-5(8)3-6-4-7/h13-21,25,30-31H,9-12,22-24H2,1-8H3,(H2,44,45,49);11-19,22,27-28H,8-10,20-21,39H2,1-7H3;2-3H2,1H3/b20-18+;18-16+;/t30-,31-;27-,28-;/m11./s1. The van der Waals surface area contributed by atoms with Crippen molar-refractivity contribution in [2.24, 2.45) is 4.99 Å². The number of fused-ring (bicyclic) bond motifs is 6. The van der Waals surface area contributed by atoms with Gasteiger partial charge in [0.25, 0.3) is 0 Å². The average Bonchev–Trinajstić information content (AvgIpc) is 1.28. The Labute approximate surface area is 622 Å². The average molecular weight is 1460 g/mol. The number of aryl methyl sites for hydroxylation is 4. The molecule has 4 aromatic carbocycles. The van der Waals surface area contributed by atoms with E-state index in [1.54, 1.807) is 26.0 Å². The molecule has 2 amide bonds. The second-order valence-electron chi connectivity index (χ2n) is 30.2. The van der Waals surface area contributed by atoms with E-state index in [2.05, 4.69) is 72.3 Å². The Bertz CT molecular complexity index is 4220. The smallest absolute Gasteiger partial charge is 0.328 e. The number of rotatable bonds is 19. The number of esters is 4. The number of urea groups is 1. The van der Waals surface area contributed by atoms with Gasteiger partial charge in [-0.05, 0) is 215 Å². The minimum atomic E-state index is -0.937. The van der Waals surface area contributed by atoms with Crippen LogP contribution in [0.25, 0.3) is 56.7 Å². The number of nitrogen functional groups attached to an aromatic ring is 1. The van der Waals surface area contributed by atoms with Crippen molar-refractivity contribution in [3.63, 3.8) is 0 Å². The van der Waals surface area contributed by atoms with Crippen LogP contribution in [0.5, 0.6) is 0 Å². The number of benzene rings is 4. The molecule has 2 saturated heterocycles. The van der Waals surface area contributed by atoms with Gasteiger partial charge in [-0.3, -0.25) is 29.1 Å². The molecule has 0 unspecified atom stereocenters. The molecule has 6 aromatic rings. The van der Waals surface area contributed by atoms with E-state index < -0.39 is 46.9 Å². The number of amides is 2. The van der Waals surface area contributed by atoms with E-state index in [0.717, 1.165) is 128 Å². The zero-order valence-corrected chi connectivity index (χ0v) is 64.1.